The molecule has 0 saturated heterocycles. The monoisotopic (exact) mass is 217 g/mol. The molecular weight excluding hydrogens is 198 g/mol. The van der Waals surface area contributed by atoms with Gasteiger partial charge in [-0.25, -0.2) is 4.99 Å². The topological polar surface area (TPSA) is 64.4 Å². The number of nitrogens with zero attached hydrogens (tertiary/aromatic N) is 1. The second-order valence-electron chi connectivity index (χ2n) is 4.78. The van der Waals surface area contributed by atoms with E-state index in [1.54, 1.807) is 0 Å². The van der Waals surface area contributed by atoms with Gasteiger partial charge in [-0.3, -0.25) is 0 Å². The minimum absolute atomic E-state index is 0.200. The summed E-state index contributed by atoms with van der Waals surface area (Å²) < 4.78 is 0. The highest BCUT2D eigenvalue weighted by Gasteiger charge is 2.38. The lowest BCUT2D eigenvalue weighted by atomic mass is 10.0. The molecule has 3 nitrogen and oxygen atoms in total. The average Bonchev–Trinajstić information content (AvgIpc) is 2.96. The summed E-state index contributed by atoms with van der Waals surface area (Å²) in [5.74, 6) is 1.30. The van der Waals surface area contributed by atoms with E-state index in [-0.39, 0.29) is 5.96 Å². The van der Waals surface area contributed by atoms with Gasteiger partial charge in [0.15, 0.2) is 5.96 Å². The number of aliphatic imine (C=N–C) groups is 1. The molecule has 0 aromatic heterocycles. The van der Waals surface area contributed by atoms with E-state index in [0.717, 1.165) is 6.42 Å². The molecule has 1 aliphatic rings. The van der Waals surface area contributed by atoms with Gasteiger partial charge in [0.25, 0.3) is 0 Å². The van der Waals surface area contributed by atoms with Gasteiger partial charge in [-0.15, -0.1) is 0 Å². The molecule has 1 aromatic carbocycles. The molecule has 0 radical (unpaired) electrons. The van der Waals surface area contributed by atoms with Crippen LogP contribution in [0.25, 0.3) is 0 Å². The number of rotatable bonds is 3. The minimum Gasteiger partial charge on any atom is -0.370 e. The van der Waals surface area contributed by atoms with Crippen molar-refractivity contribution in [3.8, 4) is 0 Å². The van der Waals surface area contributed by atoms with E-state index in [1.807, 2.05) is 0 Å². The van der Waals surface area contributed by atoms with Crippen molar-refractivity contribution in [2.75, 3.05) is 0 Å². The smallest absolute Gasteiger partial charge is 0.186 e. The SMILES string of the molecule is CC(C)c1ccc(C2CC2N=C(N)N)cc1. The molecule has 1 saturated carbocycles. The van der Waals surface area contributed by atoms with Gasteiger partial charge in [0.05, 0.1) is 6.04 Å². The molecule has 1 fully saturated rings. The van der Waals surface area contributed by atoms with E-state index in [4.69, 9.17) is 11.5 Å². The summed E-state index contributed by atoms with van der Waals surface area (Å²) in [4.78, 5) is 4.18. The number of hydrogen-bond acceptors (Lipinski definition) is 1. The molecule has 0 bridgehead atoms. The molecule has 1 aromatic rings. The van der Waals surface area contributed by atoms with E-state index in [2.05, 4.69) is 43.1 Å². The van der Waals surface area contributed by atoms with Crippen molar-refractivity contribution >= 4 is 5.96 Å². The van der Waals surface area contributed by atoms with Gasteiger partial charge in [0, 0.05) is 5.92 Å². The molecule has 2 atom stereocenters. The lowest BCUT2D eigenvalue weighted by Crippen LogP contribution is -2.23. The fourth-order valence-electron chi connectivity index (χ4n) is 2.00. The third-order valence-corrected chi connectivity index (χ3v) is 3.10. The Morgan fingerprint density at radius 3 is 2.38 bits per heavy atom. The number of benzene rings is 1. The predicted molar refractivity (Wildman–Crippen MR) is 67.5 cm³/mol. The molecule has 2 rings (SSSR count). The van der Waals surface area contributed by atoms with Crippen LogP contribution in [0.3, 0.4) is 0 Å². The van der Waals surface area contributed by atoms with Gasteiger partial charge >= 0.3 is 0 Å². The highest BCUT2D eigenvalue weighted by atomic mass is 15.0. The average molecular weight is 217 g/mol. The molecular formula is C13H19N3. The molecule has 0 aliphatic heterocycles. The van der Waals surface area contributed by atoms with Crippen LogP contribution in [0.1, 0.15) is 43.2 Å². The van der Waals surface area contributed by atoms with Crippen LogP contribution in [0.4, 0.5) is 0 Å². The molecule has 2 unspecified atom stereocenters. The third kappa shape index (κ3) is 2.35. The summed E-state index contributed by atoms with van der Waals surface area (Å²) in [5, 5.41) is 0. The first kappa shape index (κ1) is 11.0. The number of guanidine groups is 1. The first-order valence-electron chi connectivity index (χ1n) is 5.76. The van der Waals surface area contributed by atoms with E-state index >= 15 is 0 Å². The summed E-state index contributed by atoms with van der Waals surface area (Å²) in [7, 11) is 0. The normalized spacial score (nSPS) is 23.2. The van der Waals surface area contributed by atoms with Crippen molar-refractivity contribution in [3.05, 3.63) is 35.4 Å². The van der Waals surface area contributed by atoms with E-state index in [0.29, 0.717) is 17.9 Å². The second-order valence-corrected chi connectivity index (χ2v) is 4.78. The molecule has 4 N–H and O–H groups in total. The molecule has 3 heteroatoms. The maximum atomic E-state index is 5.37. The van der Waals surface area contributed by atoms with Crippen LogP contribution < -0.4 is 11.5 Å². The highest BCUT2D eigenvalue weighted by Crippen LogP contribution is 2.43. The Hall–Kier alpha value is -1.51. The van der Waals surface area contributed by atoms with Gasteiger partial charge in [-0.2, -0.15) is 0 Å². The lowest BCUT2D eigenvalue weighted by molar-refractivity contribution is 0.864. The Morgan fingerprint density at radius 1 is 1.25 bits per heavy atom. The predicted octanol–water partition coefficient (Wildman–Crippen LogP) is 1.94. The quantitative estimate of drug-likeness (QED) is 0.600. The molecule has 16 heavy (non-hydrogen) atoms. The maximum Gasteiger partial charge on any atom is 0.186 e. The van der Waals surface area contributed by atoms with Crippen molar-refractivity contribution < 1.29 is 0 Å². The van der Waals surface area contributed by atoms with Gasteiger partial charge in [0.2, 0.25) is 0 Å². The first-order valence-corrected chi connectivity index (χ1v) is 5.76. The number of hydrogen-bond donors (Lipinski definition) is 2. The van der Waals surface area contributed by atoms with Crippen LogP contribution in [-0.4, -0.2) is 12.0 Å². The zero-order valence-electron chi connectivity index (χ0n) is 9.85. The van der Waals surface area contributed by atoms with Crippen molar-refractivity contribution in [1.29, 1.82) is 0 Å². The fraction of sp³-hybridized carbons (Fsp3) is 0.462. The van der Waals surface area contributed by atoms with Crippen molar-refractivity contribution in [1.82, 2.24) is 0 Å². The molecule has 1 aliphatic carbocycles. The zero-order chi connectivity index (χ0) is 11.7. The van der Waals surface area contributed by atoms with Crippen molar-refractivity contribution in [2.45, 2.75) is 38.1 Å². The van der Waals surface area contributed by atoms with Crippen molar-refractivity contribution in [3.63, 3.8) is 0 Å². The maximum absolute atomic E-state index is 5.37. The van der Waals surface area contributed by atoms with Crippen LogP contribution in [0.5, 0.6) is 0 Å². The summed E-state index contributed by atoms with van der Waals surface area (Å²) in [5.41, 5.74) is 13.5. The fourth-order valence-corrected chi connectivity index (χ4v) is 2.00. The van der Waals surface area contributed by atoms with Gasteiger partial charge in [-0.1, -0.05) is 38.1 Å². The minimum atomic E-state index is 0.200. The Labute approximate surface area is 96.6 Å². The van der Waals surface area contributed by atoms with E-state index in [1.165, 1.54) is 11.1 Å². The van der Waals surface area contributed by atoms with E-state index < -0.39 is 0 Å². The standard InChI is InChI=1S/C13H19N3/c1-8(2)9-3-5-10(6-4-9)11-7-12(11)16-13(14)15/h3-6,8,11-12H,7H2,1-2H3,(H4,14,15,16). The molecule has 0 heterocycles. The highest BCUT2D eigenvalue weighted by molar-refractivity contribution is 5.76. The van der Waals surface area contributed by atoms with Crippen molar-refractivity contribution in [2.24, 2.45) is 16.5 Å². The molecule has 0 spiro atoms. The number of nitrogens with two attached hydrogens (primary N) is 2. The summed E-state index contributed by atoms with van der Waals surface area (Å²) in [6.07, 6.45) is 1.07. The largest absolute Gasteiger partial charge is 0.370 e. The summed E-state index contributed by atoms with van der Waals surface area (Å²) >= 11 is 0. The Bertz CT molecular complexity index is 388. The van der Waals surface area contributed by atoms with Gasteiger partial charge in [0.1, 0.15) is 0 Å². The molecule has 0 amide bonds. The Balaban J connectivity index is 2.05. The summed E-state index contributed by atoms with van der Waals surface area (Å²) in [6.45, 7) is 4.41. The zero-order valence-corrected chi connectivity index (χ0v) is 9.85. The van der Waals surface area contributed by atoms with Crippen LogP contribution >= 0.6 is 0 Å². The van der Waals surface area contributed by atoms with Crippen LogP contribution in [0, 0.1) is 0 Å². The van der Waals surface area contributed by atoms with Crippen LogP contribution in [0.15, 0.2) is 29.3 Å². The Kier molecular flexibility index (Phi) is 2.86. The van der Waals surface area contributed by atoms with Crippen LogP contribution in [0.2, 0.25) is 0 Å². The van der Waals surface area contributed by atoms with E-state index in [9.17, 15) is 0 Å². The van der Waals surface area contributed by atoms with Gasteiger partial charge in [-0.05, 0) is 23.5 Å². The molecule has 86 valence electrons. The Morgan fingerprint density at radius 2 is 1.88 bits per heavy atom. The van der Waals surface area contributed by atoms with Gasteiger partial charge < -0.3 is 11.5 Å². The lowest BCUT2D eigenvalue weighted by Gasteiger charge is -2.06. The summed E-state index contributed by atoms with van der Waals surface area (Å²) in [6, 6.07) is 9.09. The van der Waals surface area contributed by atoms with Crippen LogP contribution in [-0.2, 0) is 0 Å². The third-order valence-electron chi connectivity index (χ3n) is 3.10. The first-order chi connectivity index (χ1) is 7.58. The second kappa shape index (κ2) is 4.16.